The highest BCUT2D eigenvalue weighted by atomic mass is 35.5. The third-order valence-electron chi connectivity index (χ3n) is 3.90. The fourth-order valence-corrected chi connectivity index (χ4v) is 2.71. The zero-order valence-corrected chi connectivity index (χ0v) is 15.2. The van der Waals surface area contributed by atoms with Gasteiger partial charge in [0.15, 0.2) is 0 Å². The Kier molecular flexibility index (Phi) is 5.34. The van der Waals surface area contributed by atoms with E-state index in [-0.39, 0.29) is 11.2 Å². The molecule has 0 aliphatic rings. The summed E-state index contributed by atoms with van der Waals surface area (Å²) in [5.41, 5.74) is 0.647. The zero-order valence-electron chi connectivity index (χ0n) is 14.4. The molecule has 0 aliphatic heterocycles. The van der Waals surface area contributed by atoms with E-state index in [9.17, 15) is 9.59 Å². The van der Waals surface area contributed by atoms with Crippen LogP contribution in [0.4, 0.5) is 0 Å². The molecule has 3 rings (SSSR count). The lowest BCUT2D eigenvalue weighted by molar-refractivity contribution is 0.376. The van der Waals surface area contributed by atoms with Gasteiger partial charge in [-0.05, 0) is 12.1 Å². The molecule has 2 aromatic heterocycles. The minimum Gasteiger partial charge on any atom is -0.339 e. The second-order valence-electron chi connectivity index (χ2n) is 5.86. The maximum atomic E-state index is 12.1. The van der Waals surface area contributed by atoms with Crippen molar-refractivity contribution in [2.45, 2.75) is 13.0 Å². The van der Waals surface area contributed by atoms with E-state index in [1.807, 2.05) is 12.1 Å². The largest absolute Gasteiger partial charge is 0.339 e. The Bertz CT molecular complexity index is 1040. The lowest BCUT2D eigenvalue weighted by Crippen LogP contribution is -2.39. The van der Waals surface area contributed by atoms with Crippen LogP contribution in [0.1, 0.15) is 11.5 Å². The Morgan fingerprint density at radius 2 is 2.08 bits per heavy atom. The first-order chi connectivity index (χ1) is 12.5. The molecule has 0 unspecified atom stereocenters. The van der Waals surface area contributed by atoms with Gasteiger partial charge in [0.2, 0.25) is 11.7 Å². The number of benzene rings is 1. The number of halogens is 1. The number of nitrogens with one attached hydrogen (secondary N) is 1. The second-order valence-corrected chi connectivity index (χ2v) is 6.30. The molecular weight excluding hydrogens is 358 g/mol. The zero-order chi connectivity index (χ0) is 18.7. The molecule has 0 amide bonds. The standard InChI is InChI=1S/C17H18ClN5O3/c1-22-10-12(16(24)23(2)17(22)25)9-19-7-6-14-20-15(21-26-14)11-4-3-5-13(18)8-11/h3-5,8,10,19H,6-7,9H2,1-2H3. The summed E-state index contributed by atoms with van der Waals surface area (Å²) in [4.78, 5) is 28.1. The van der Waals surface area contributed by atoms with E-state index in [1.54, 1.807) is 25.4 Å². The van der Waals surface area contributed by atoms with Crippen molar-refractivity contribution in [3.8, 4) is 11.4 Å². The van der Waals surface area contributed by atoms with Gasteiger partial charge in [0.1, 0.15) is 0 Å². The first-order valence-corrected chi connectivity index (χ1v) is 8.38. The van der Waals surface area contributed by atoms with Crippen molar-refractivity contribution < 1.29 is 4.52 Å². The van der Waals surface area contributed by atoms with Crippen LogP contribution in [0.2, 0.25) is 5.02 Å². The van der Waals surface area contributed by atoms with Crippen LogP contribution in [-0.4, -0.2) is 25.8 Å². The van der Waals surface area contributed by atoms with Crippen LogP contribution in [-0.2, 0) is 27.1 Å². The molecule has 136 valence electrons. The Morgan fingerprint density at radius 1 is 1.27 bits per heavy atom. The van der Waals surface area contributed by atoms with Crippen LogP contribution in [0.5, 0.6) is 0 Å². The van der Waals surface area contributed by atoms with Gasteiger partial charge in [-0.1, -0.05) is 28.9 Å². The molecule has 3 aromatic rings. The van der Waals surface area contributed by atoms with Crippen molar-refractivity contribution in [1.29, 1.82) is 0 Å². The van der Waals surface area contributed by atoms with Gasteiger partial charge >= 0.3 is 5.69 Å². The molecule has 0 bridgehead atoms. The van der Waals surface area contributed by atoms with Crippen LogP contribution in [0.3, 0.4) is 0 Å². The first-order valence-electron chi connectivity index (χ1n) is 8.00. The minimum absolute atomic E-state index is 0.304. The summed E-state index contributed by atoms with van der Waals surface area (Å²) >= 11 is 5.96. The third-order valence-corrected chi connectivity index (χ3v) is 4.13. The minimum atomic E-state index is -0.349. The Hall–Kier alpha value is -2.71. The molecule has 9 heteroatoms. The molecule has 2 heterocycles. The second kappa shape index (κ2) is 7.67. The maximum absolute atomic E-state index is 12.1. The highest BCUT2D eigenvalue weighted by molar-refractivity contribution is 6.30. The monoisotopic (exact) mass is 375 g/mol. The number of hydrogen-bond donors (Lipinski definition) is 1. The van der Waals surface area contributed by atoms with E-state index < -0.39 is 0 Å². The van der Waals surface area contributed by atoms with E-state index >= 15 is 0 Å². The average molecular weight is 376 g/mol. The molecule has 0 radical (unpaired) electrons. The molecule has 0 saturated carbocycles. The van der Waals surface area contributed by atoms with Crippen molar-refractivity contribution in [3.63, 3.8) is 0 Å². The smallest absolute Gasteiger partial charge is 0.330 e. The number of rotatable bonds is 6. The third kappa shape index (κ3) is 3.92. The summed E-state index contributed by atoms with van der Waals surface area (Å²) in [6.07, 6.45) is 2.06. The van der Waals surface area contributed by atoms with Gasteiger partial charge in [-0.25, -0.2) is 4.79 Å². The maximum Gasteiger partial charge on any atom is 0.330 e. The molecule has 0 aliphatic carbocycles. The molecule has 0 fully saturated rings. The lowest BCUT2D eigenvalue weighted by atomic mass is 10.2. The van der Waals surface area contributed by atoms with Gasteiger partial charge in [0, 0.05) is 56.0 Å². The molecular formula is C17H18ClN5O3. The number of nitrogens with zero attached hydrogens (tertiary/aromatic N) is 4. The van der Waals surface area contributed by atoms with Crippen molar-refractivity contribution in [1.82, 2.24) is 24.6 Å². The SMILES string of the molecule is Cn1cc(CNCCc2nc(-c3cccc(Cl)c3)no2)c(=O)n(C)c1=O. The molecule has 0 atom stereocenters. The molecule has 0 spiro atoms. The van der Waals surface area contributed by atoms with Crippen molar-refractivity contribution in [2.24, 2.45) is 14.1 Å². The topological polar surface area (TPSA) is 94.9 Å². The summed E-state index contributed by atoms with van der Waals surface area (Å²) in [5, 5.41) is 7.70. The normalized spacial score (nSPS) is 11.0. The fraction of sp³-hybridized carbons (Fsp3) is 0.294. The van der Waals surface area contributed by atoms with Crippen LogP contribution in [0, 0.1) is 0 Å². The molecule has 8 nitrogen and oxygen atoms in total. The van der Waals surface area contributed by atoms with Crippen molar-refractivity contribution in [2.75, 3.05) is 6.54 Å². The summed E-state index contributed by atoms with van der Waals surface area (Å²) in [6, 6.07) is 7.22. The van der Waals surface area contributed by atoms with Gasteiger partial charge in [-0.15, -0.1) is 0 Å². The molecule has 1 N–H and O–H groups in total. The predicted molar refractivity (Wildman–Crippen MR) is 97.1 cm³/mol. The van der Waals surface area contributed by atoms with Gasteiger partial charge in [0.25, 0.3) is 5.56 Å². The van der Waals surface area contributed by atoms with Crippen molar-refractivity contribution >= 4 is 11.6 Å². The van der Waals surface area contributed by atoms with E-state index in [1.165, 1.54) is 11.6 Å². The lowest BCUT2D eigenvalue weighted by Gasteiger charge is -2.07. The van der Waals surface area contributed by atoms with Crippen LogP contribution in [0.25, 0.3) is 11.4 Å². The number of aryl methyl sites for hydroxylation is 1. The summed E-state index contributed by atoms with van der Waals surface area (Å²) in [6.45, 7) is 0.888. The Morgan fingerprint density at radius 3 is 2.85 bits per heavy atom. The number of aromatic nitrogens is 4. The van der Waals surface area contributed by atoms with Crippen LogP contribution >= 0.6 is 11.6 Å². The van der Waals surface area contributed by atoms with E-state index in [4.69, 9.17) is 16.1 Å². The van der Waals surface area contributed by atoms with E-state index in [0.717, 1.165) is 10.1 Å². The fourth-order valence-electron chi connectivity index (χ4n) is 2.52. The van der Waals surface area contributed by atoms with Crippen LogP contribution < -0.4 is 16.6 Å². The first kappa shape index (κ1) is 18.1. The predicted octanol–water partition coefficient (Wildman–Crippen LogP) is 1.12. The number of hydrogen-bond acceptors (Lipinski definition) is 6. The summed E-state index contributed by atoms with van der Waals surface area (Å²) < 4.78 is 7.71. The van der Waals surface area contributed by atoms with Gasteiger partial charge < -0.3 is 14.4 Å². The highest BCUT2D eigenvalue weighted by Crippen LogP contribution is 2.19. The molecule has 1 aromatic carbocycles. The van der Waals surface area contributed by atoms with E-state index in [2.05, 4.69) is 15.5 Å². The summed E-state index contributed by atoms with van der Waals surface area (Å²) in [7, 11) is 3.07. The Balaban J connectivity index is 1.58. The molecule has 26 heavy (non-hydrogen) atoms. The van der Waals surface area contributed by atoms with Gasteiger partial charge in [0.05, 0.1) is 0 Å². The van der Waals surface area contributed by atoms with Crippen LogP contribution in [0.15, 0.2) is 44.6 Å². The average Bonchev–Trinajstić information content (AvgIpc) is 3.10. The van der Waals surface area contributed by atoms with E-state index in [0.29, 0.717) is 41.8 Å². The highest BCUT2D eigenvalue weighted by Gasteiger charge is 2.10. The summed E-state index contributed by atoms with van der Waals surface area (Å²) in [5.74, 6) is 0.968. The van der Waals surface area contributed by atoms with Gasteiger partial charge in [-0.2, -0.15) is 4.98 Å². The van der Waals surface area contributed by atoms with Gasteiger partial charge in [-0.3, -0.25) is 9.36 Å². The Labute approximate surface area is 154 Å². The van der Waals surface area contributed by atoms with Crippen molar-refractivity contribution in [3.05, 3.63) is 67.8 Å². The quantitative estimate of drug-likeness (QED) is 0.649. The molecule has 0 saturated heterocycles.